The van der Waals surface area contributed by atoms with E-state index in [0.29, 0.717) is 17.0 Å². The Kier molecular flexibility index (Phi) is 6.50. The lowest BCUT2D eigenvalue weighted by molar-refractivity contribution is -0.127. The van der Waals surface area contributed by atoms with Gasteiger partial charge in [-0.25, -0.2) is 0 Å². The molecule has 0 fully saturated rings. The maximum absolute atomic E-state index is 12.1. The molecule has 2 amide bonds. The molecule has 0 radical (unpaired) electrons. The number of nitrogens with zero attached hydrogens (tertiary/aromatic N) is 1. The Hall–Kier alpha value is -2.44. The number of halogens is 1. The summed E-state index contributed by atoms with van der Waals surface area (Å²) < 4.78 is 0. The van der Waals surface area contributed by atoms with E-state index in [9.17, 15) is 9.59 Å². The monoisotopic (exact) mass is 375 g/mol. The van der Waals surface area contributed by atoms with Crippen LogP contribution in [0.25, 0.3) is 0 Å². The van der Waals surface area contributed by atoms with Crippen LogP contribution in [0.1, 0.15) is 15.9 Å². The van der Waals surface area contributed by atoms with Crippen molar-refractivity contribution in [1.29, 1.82) is 0 Å². The second-order valence-electron chi connectivity index (χ2n) is 5.58. The maximum Gasteiger partial charge on any atom is 0.257 e. The van der Waals surface area contributed by atoms with E-state index in [1.807, 2.05) is 12.1 Å². The molecule has 0 spiro atoms. The van der Waals surface area contributed by atoms with Crippen LogP contribution >= 0.6 is 23.8 Å². The molecular weight excluding hydrogens is 358 g/mol. The van der Waals surface area contributed by atoms with E-state index in [1.165, 1.54) is 0 Å². The molecule has 0 unspecified atom stereocenters. The number of nitrogens with one attached hydrogen (secondary N) is 2. The minimum Gasteiger partial charge on any atom is -0.349 e. The van der Waals surface area contributed by atoms with Gasteiger partial charge in [0, 0.05) is 30.4 Å². The molecule has 0 bridgehead atoms. The lowest BCUT2D eigenvalue weighted by Gasteiger charge is -2.12. The highest BCUT2D eigenvalue weighted by Crippen LogP contribution is 2.12. The molecule has 0 saturated carbocycles. The van der Waals surface area contributed by atoms with Crippen molar-refractivity contribution in [3.05, 3.63) is 64.7 Å². The molecule has 130 valence electrons. The first kappa shape index (κ1) is 18.9. The van der Waals surface area contributed by atoms with E-state index in [-0.39, 0.29) is 16.9 Å². The summed E-state index contributed by atoms with van der Waals surface area (Å²) in [6.07, 6.45) is 0.337. The van der Waals surface area contributed by atoms with Crippen molar-refractivity contribution in [2.24, 2.45) is 0 Å². The summed E-state index contributed by atoms with van der Waals surface area (Å²) in [6, 6.07) is 13.9. The fraction of sp³-hybridized carbons (Fsp3) is 0.167. The summed E-state index contributed by atoms with van der Waals surface area (Å²) in [5, 5.41) is 6.19. The smallest absolute Gasteiger partial charge is 0.257 e. The van der Waals surface area contributed by atoms with Gasteiger partial charge in [0.15, 0.2) is 5.11 Å². The van der Waals surface area contributed by atoms with Gasteiger partial charge in [0.2, 0.25) is 5.91 Å². The van der Waals surface area contributed by atoms with Crippen LogP contribution in [-0.4, -0.2) is 35.9 Å². The van der Waals surface area contributed by atoms with Gasteiger partial charge < -0.3 is 10.2 Å². The normalized spacial score (nSPS) is 10.0. The average Bonchev–Trinajstić information content (AvgIpc) is 2.56. The van der Waals surface area contributed by atoms with Crippen molar-refractivity contribution in [1.82, 2.24) is 10.2 Å². The maximum atomic E-state index is 12.1. The largest absolute Gasteiger partial charge is 0.349 e. The van der Waals surface area contributed by atoms with E-state index in [2.05, 4.69) is 10.6 Å². The lowest BCUT2D eigenvalue weighted by atomic mass is 10.1. The van der Waals surface area contributed by atoms with E-state index >= 15 is 0 Å². The molecule has 0 heterocycles. The van der Waals surface area contributed by atoms with Crippen molar-refractivity contribution in [2.45, 2.75) is 6.42 Å². The summed E-state index contributed by atoms with van der Waals surface area (Å²) in [6.45, 7) is 0. The molecule has 2 N–H and O–H groups in total. The van der Waals surface area contributed by atoms with Crippen molar-refractivity contribution in [2.75, 3.05) is 19.4 Å². The Morgan fingerprint density at radius 3 is 2.40 bits per heavy atom. The van der Waals surface area contributed by atoms with Crippen LogP contribution in [0.15, 0.2) is 48.5 Å². The zero-order valence-corrected chi connectivity index (χ0v) is 15.4. The first-order valence-electron chi connectivity index (χ1n) is 7.52. The van der Waals surface area contributed by atoms with Crippen LogP contribution in [0, 0.1) is 0 Å². The molecule has 0 aliphatic heterocycles. The number of carbonyl (C=O) groups excluding carboxylic acids is 2. The first-order valence-corrected chi connectivity index (χ1v) is 8.31. The Balaban J connectivity index is 1.92. The predicted octanol–water partition coefficient (Wildman–Crippen LogP) is 3.10. The fourth-order valence-corrected chi connectivity index (χ4v) is 2.41. The summed E-state index contributed by atoms with van der Waals surface area (Å²) in [7, 11) is 3.44. The molecule has 2 aromatic carbocycles. The molecule has 7 heteroatoms. The third kappa shape index (κ3) is 5.85. The second-order valence-corrected chi connectivity index (χ2v) is 6.43. The quantitative estimate of drug-likeness (QED) is 0.806. The van der Waals surface area contributed by atoms with Gasteiger partial charge in [0.05, 0.1) is 6.42 Å². The van der Waals surface area contributed by atoms with Crippen LogP contribution in [0.2, 0.25) is 5.02 Å². The molecule has 2 aromatic rings. The van der Waals surface area contributed by atoms with E-state index in [1.54, 1.807) is 55.4 Å². The summed E-state index contributed by atoms with van der Waals surface area (Å²) in [4.78, 5) is 25.3. The fourth-order valence-electron chi connectivity index (χ4n) is 2.01. The van der Waals surface area contributed by atoms with Gasteiger partial charge >= 0.3 is 0 Å². The van der Waals surface area contributed by atoms with E-state index in [4.69, 9.17) is 23.8 Å². The molecular formula is C18H18ClN3O2S. The molecule has 0 saturated heterocycles. The van der Waals surface area contributed by atoms with E-state index < -0.39 is 0 Å². The Bertz CT molecular complexity index is 791. The number of hydrogen-bond donors (Lipinski definition) is 2. The van der Waals surface area contributed by atoms with Crippen molar-refractivity contribution >= 4 is 46.4 Å². The summed E-state index contributed by atoms with van der Waals surface area (Å²) in [5.41, 5.74) is 2.05. The molecule has 0 aliphatic rings. The number of anilines is 1. The number of carbonyl (C=O) groups is 2. The molecule has 25 heavy (non-hydrogen) atoms. The van der Waals surface area contributed by atoms with Gasteiger partial charge in [-0.3, -0.25) is 14.9 Å². The SMILES string of the molecule is CN(C)C(=O)Cc1ccc(NC(=S)NC(=O)c2cccc(Cl)c2)cc1. The number of amides is 2. The van der Waals surface area contributed by atoms with Crippen LogP contribution in [0.5, 0.6) is 0 Å². The predicted molar refractivity (Wildman–Crippen MR) is 104 cm³/mol. The van der Waals surface area contributed by atoms with Crippen LogP contribution in [0.4, 0.5) is 5.69 Å². The number of likely N-dealkylation sites (N-methyl/N-ethyl adjacent to an activating group) is 1. The lowest BCUT2D eigenvalue weighted by Crippen LogP contribution is -2.34. The highest BCUT2D eigenvalue weighted by molar-refractivity contribution is 7.80. The Labute approximate surface area is 157 Å². The van der Waals surface area contributed by atoms with Crippen molar-refractivity contribution in [3.63, 3.8) is 0 Å². The first-order chi connectivity index (χ1) is 11.8. The van der Waals surface area contributed by atoms with Crippen molar-refractivity contribution in [3.8, 4) is 0 Å². The van der Waals surface area contributed by atoms with Gasteiger partial charge in [-0.15, -0.1) is 0 Å². The topological polar surface area (TPSA) is 61.4 Å². The number of rotatable bonds is 4. The highest BCUT2D eigenvalue weighted by Gasteiger charge is 2.09. The zero-order valence-electron chi connectivity index (χ0n) is 13.9. The van der Waals surface area contributed by atoms with Gasteiger partial charge in [-0.05, 0) is 48.1 Å². The van der Waals surface area contributed by atoms with Crippen LogP contribution in [0.3, 0.4) is 0 Å². The molecule has 0 atom stereocenters. The van der Waals surface area contributed by atoms with Crippen LogP contribution in [-0.2, 0) is 11.2 Å². The molecule has 0 aliphatic carbocycles. The van der Waals surface area contributed by atoms with Gasteiger partial charge in [-0.2, -0.15) is 0 Å². The minimum atomic E-state index is -0.340. The third-order valence-corrected chi connectivity index (χ3v) is 3.82. The molecule has 5 nitrogen and oxygen atoms in total. The van der Waals surface area contributed by atoms with Crippen molar-refractivity contribution < 1.29 is 9.59 Å². The number of benzene rings is 2. The van der Waals surface area contributed by atoms with Gasteiger partial charge in [-0.1, -0.05) is 29.8 Å². The Morgan fingerprint density at radius 1 is 1.12 bits per heavy atom. The molecule has 2 rings (SSSR count). The highest BCUT2D eigenvalue weighted by atomic mass is 35.5. The minimum absolute atomic E-state index is 0.0324. The van der Waals surface area contributed by atoms with Gasteiger partial charge in [0.25, 0.3) is 5.91 Å². The number of hydrogen-bond acceptors (Lipinski definition) is 3. The van der Waals surface area contributed by atoms with E-state index in [0.717, 1.165) is 11.3 Å². The van der Waals surface area contributed by atoms with Crippen LogP contribution < -0.4 is 10.6 Å². The third-order valence-electron chi connectivity index (χ3n) is 3.38. The summed E-state index contributed by atoms with van der Waals surface area (Å²) >= 11 is 11.0. The van der Waals surface area contributed by atoms with Gasteiger partial charge in [0.1, 0.15) is 0 Å². The zero-order chi connectivity index (χ0) is 18.4. The summed E-state index contributed by atoms with van der Waals surface area (Å²) in [5.74, 6) is -0.307. The standard InChI is InChI=1S/C18H18ClN3O2S/c1-22(2)16(23)10-12-6-8-15(9-7-12)20-18(25)21-17(24)13-4-3-5-14(19)11-13/h3-9,11H,10H2,1-2H3,(H2,20,21,24,25). The Morgan fingerprint density at radius 2 is 1.80 bits per heavy atom. The number of thiocarbonyl (C=S) groups is 1. The average molecular weight is 376 g/mol. The second kappa shape index (κ2) is 8.60. The molecule has 0 aromatic heterocycles.